The smallest absolute Gasteiger partial charge is 0.255 e. The van der Waals surface area contributed by atoms with Crippen LogP contribution in [-0.4, -0.2) is 21.5 Å². The second-order valence-corrected chi connectivity index (χ2v) is 9.38. The van der Waals surface area contributed by atoms with Crippen LogP contribution in [0.15, 0.2) is 120 Å². The number of hydrogen-bond donors (Lipinski definition) is 1. The monoisotopic (exact) mass is 565 g/mol. The minimum Gasteiger partial charge on any atom is -0.322 e. The van der Waals surface area contributed by atoms with Gasteiger partial charge in [-0.15, -0.1) is 0 Å². The van der Waals surface area contributed by atoms with Crippen molar-refractivity contribution >= 4 is 39.4 Å². The number of ketones is 1. The van der Waals surface area contributed by atoms with Crippen molar-refractivity contribution in [2.24, 2.45) is 0 Å². The van der Waals surface area contributed by atoms with Crippen molar-refractivity contribution in [3.8, 4) is 16.9 Å². The van der Waals surface area contributed by atoms with E-state index >= 15 is 0 Å². The molecule has 0 fully saturated rings. The van der Waals surface area contributed by atoms with Crippen LogP contribution in [0, 0.1) is 5.82 Å². The molecule has 0 unspecified atom stereocenters. The Labute approximate surface area is 227 Å². The first kappa shape index (κ1) is 25.0. The van der Waals surface area contributed by atoms with Crippen LogP contribution in [0.4, 0.5) is 10.1 Å². The lowest BCUT2D eigenvalue weighted by Crippen LogP contribution is -2.12. The van der Waals surface area contributed by atoms with Crippen molar-refractivity contribution in [3.05, 3.63) is 142 Å². The third kappa shape index (κ3) is 5.85. The van der Waals surface area contributed by atoms with E-state index in [0.717, 1.165) is 27.0 Å². The molecule has 1 amide bonds. The van der Waals surface area contributed by atoms with Crippen LogP contribution in [-0.2, 0) is 0 Å². The molecular weight excluding hydrogens is 545 g/mol. The van der Waals surface area contributed by atoms with Gasteiger partial charge >= 0.3 is 0 Å². The first-order valence-corrected chi connectivity index (χ1v) is 12.6. The molecule has 0 atom stereocenters. The minimum atomic E-state index is -0.418. The van der Waals surface area contributed by atoms with Gasteiger partial charge in [0, 0.05) is 38.6 Å². The molecular formula is C31H21BrFN3O2. The number of allylic oxidation sites excluding steroid dienone is 1. The molecule has 0 spiro atoms. The van der Waals surface area contributed by atoms with Crippen molar-refractivity contribution in [2.45, 2.75) is 0 Å². The standard InChI is InChI=1S/C31H21BrFN3O2/c32-25-14-9-21(10-15-25)30-24(20-36(35-30)28-7-2-1-3-8-28)13-18-29(37)23-5-4-6-27(19-23)34-31(38)22-11-16-26(33)17-12-22/h1-20H,(H,34,38)/b18-13+. The number of rotatable bonds is 7. The quantitative estimate of drug-likeness (QED) is 0.163. The molecule has 0 saturated carbocycles. The van der Waals surface area contributed by atoms with Gasteiger partial charge < -0.3 is 5.32 Å². The molecule has 0 aliphatic heterocycles. The Hall–Kier alpha value is -4.62. The second kappa shape index (κ2) is 11.2. The molecule has 7 heteroatoms. The van der Waals surface area contributed by atoms with Crippen molar-refractivity contribution in [3.63, 3.8) is 0 Å². The van der Waals surface area contributed by atoms with Crippen molar-refractivity contribution in [2.75, 3.05) is 5.32 Å². The molecule has 4 aromatic carbocycles. The highest BCUT2D eigenvalue weighted by atomic mass is 79.9. The molecule has 1 aromatic heterocycles. The van der Waals surface area contributed by atoms with Gasteiger partial charge in [0.05, 0.1) is 11.4 Å². The zero-order valence-electron chi connectivity index (χ0n) is 20.0. The van der Waals surface area contributed by atoms with Gasteiger partial charge in [-0.1, -0.05) is 58.4 Å². The topological polar surface area (TPSA) is 64.0 Å². The summed E-state index contributed by atoms with van der Waals surface area (Å²) in [5, 5.41) is 7.53. The van der Waals surface area contributed by atoms with Crippen LogP contribution >= 0.6 is 15.9 Å². The Kier molecular flexibility index (Phi) is 7.38. The predicted octanol–water partition coefficient (Wildman–Crippen LogP) is 7.59. The first-order valence-electron chi connectivity index (χ1n) is 11.8. The lowest BCUT2D eigenvalue weighted by Gasteiger charge is -2.06. The van der Waals surface area contributed by atoms with Gasteiger partial charge in [0.1, 0.15) is 5.82 Å². The molecule has 0 bridgehead atoms. The number of aromatic nitrogens is 2. The van der Waals surface area contributed by atoms with Gasteiger partial charge in [-0.05, 0) is 72.8 Å². The van der Waals surface area contributed by atoms with Crippen molar-refractivity contribution in [1.82, 2.24) is 9.78 Å². The summed E-state index contributed by atoms with van der Waals surface area (Å²) in [4.78, 5) is 25.5. The SMILES string of the molecule is O=C(/C=C/c1cn(-c2ccccc2)nc1-c1ccc(Br)cc1)c1cccc(NC(=O)c2ccc(F)cc2)c1. The van der Waals surface area contributed by atoms with E-state index < -0.39 is 11.7 Å². The largest absolute Gasteiger partial charge is 0.322 e. The van der Waals surface area contributed by atoms with Gasteiger partial charge in [-0.25, -0.2) is 9.07 Å². The molecule has 0 saturated heterocycles. The number of hydrogen-bond acceptors (Lipinski definition) is 3. The Morgan fingerprint density at radius 3 is 2.32 bits per heavy atom. The summed E-state index contributed by atoms with van der Waals surface area (Å²) in [5.41, 5.74) is 4.54. The van der Waals surface area contributed by atoms with E-state index in [4.69, 9.17) is 5.10 Å². The number of para-hydroxylation sites is 1. The maximum atomic E-state index is 13.2. The number of halogens is 2. The van der Waals surface area contributed by atoms with E-state index in [1.165, 1.54) is 30.3 Å². The van der Waals surface area contributed by atoms with Crippen LogP contribution in [0.2, 0.25) is 0 Å². The fraction of sp³-hybridized carbons (Fsp3) is 0. The maximum Gasteiger partial charge on any atom is 0.255 e. The average molecular weight is 566 g/mol. The van der Waals surface area contributed by atoms with Crippen molar-refractivity contribution < 1.29 is 14.0 Å². The molecule has 1 heterocycles. The zero-order chi connectivity index (χ0) is 26.5. The summed E-state index contributed by atoms with van der Waals surface area (Å²) in [5.74, 6) is -1.03. The van der Waals surface area contributed by atoms with Crippen LogP contribution in [0.3, 0.4) is 0 Å². The van der Waals surface area contributed by atoms with Crippen molar-refractivity contribution in [1.29, 1.82) is 0 Å². The van der Waals surface area contributed by atoms with E-state index in [9.17, 15) is 14.0 Å². The Bertz CT molecular complexity index is 1630. The van der Waals surface area contributed by atoms with E-state index in [0.29, 0.717) is 16.8 Å². The molecule has 1 N–H and O–H groups in total. The van der Waals surface area contributed by atoms with Gasteiger partial charge in [0.2, 0.25) is 0 Å². The summed E-state index contributed by atoms with van der Waals surface area (Å²) < 4.78 is 15.9. The summed E-state index contributed by atoms with van der Waals surface area (Å²) >= 11 is 3.47. The molecule has 186 valence electrons. The van der Waals surface area contributed by atoms with E-state index in [-0.39, 0.29) is 5.78 Å². The summed E-state index contributed by atoms with van der Waals surface area (Å²) in [6.45, 7) is 0. The molecule has 5 nitrogen and oxygen atoms in total. The number of carbonyl (C=O) groups excluding carboxylic acids is 2. The highest BCUT2D eigenvalue weighted by Crippen LogP contribution is 2.26. The van der Waals surface area contributed by atoms with Crippen LogP contribution in [0.25, 0.3) is 23.0 Å². The molecule has 0 aliphatic rings. The van der Waals surface area contributed by atoms with Gasteiger partial charge in [0.25, 0.3) is 5.91 Å². The minimum absolute atomic E-state index is 0.225. The number of carbonyl (C=O) groups is 2. The predicted molar refractivity (Wildman–Crippen MR) is 151 cm³/mol. The Morgan fingerprint density at radius 1 is 0.842 bits per heavy atom. The van der Waals surface area contributed by atoms with Gasteiger partial charge in [-0.2, -0.15) is 5.10 Å². The molecule has 5 rings (SSSR count). The Morgan fingerprint density at radius 2 is 1.58 bits per heavy atom. The first-order chi connectivity index (χ1) is 18.5. The number of nitrogens with zero attached hydrogens (tertiary/aromatic N) is 2. The van der Waals surface area contributed by atoms with E-state index in [1.54, 1.807) is 35.0 Å². The van der Waals surface area contributed by atoms with E-state index in [1.807, 2.05) is 60.8 Å². The Balaban J connectivity index is 1.39. The highest BCUT2D eigenvalue weighted by molar-refractivity contribution is 9.10. The van der Waals surface area contributed by atoms with Gasteiger partial charge in [0.15, 0.2) is 5.78 Å². The molecule has 0 radical (unpaired) electrons. The lowest BCUT2D eigenvalue weighted by atomic mass is 10.1. The molecule has 0 aliphatic carbocycles. The van der Waals surface area contributed by atoms with Crippen LogP contribution < -0.4 is 5.32 Å². The second-order valence-electron chi connectivity index (χ2n) is 8.46. The fourth-order valence-electron chi connectivity index (χ4n) is 3.87. The number of anilines is 1. The average Bonchev–Trinajstić information content (AvgIpc) is 3.37. The highest BCUT2D eigenvalue weighted by Gasteiger charge is 2.12. The zero-order valence-corrected chi connectivity index (χ0v) is 21.6. The number of amides is 1. The normalized spacial score (nSPS) is 11.0. The van der Waals surface area contributed by atoms with Crippen LogP contribution in [0.5, 0.6) is 0 Å². The summed E-state index contributed by atoms with van der Waals surface area (Å²) in [6, 6.07) is 29.5. The third-order valence-electron chi connectivity index (χ3n) is 5.81. The summed E-state index contributed by atoms with van der Waals surface area (Å²) in [7, 11) is 0. The number of benzene rings is 4. The van der Waals surface area contributed by atoms with Crippen LogP contribution in [0.1, 0.15) is 26.3 Å². The summed E-state index contributed by atoms with van der Waals surface area (Å²) in [6.07, 6.45) is 5.13. The van der Waals surface area contributed by atoms with E-state index in [2.05, 4.69) is 21.2 Å². The molecule has 38 heavy (non-hydrogen) atoms. The maximum absolute atomic E-state index is 13.2. The third-order valence-corrected chi connectivity index (χ3v) is 6.34. The molecule has 5 aromatic rings. The van der Waals surface area contributed by atoms with Gasteiger partial charge in [-0.3, -0.25) is 9.59 Å². The fourth-order valence-corrected chi connectivity index (χ4v) is 4.14. The lowest BCUT2D eigenvalue weighted by molar-refractivity contribution is 0.102. The number of nitrogens with one attached hydrogen (secondary N) is 1.